The molecule has 24 heavy (non-hydrogen) atoms. The molecule has 2 unspecified atom stereocenters. The highest BCUT2D eigenvalue weighted by Gasteiger charge is 2.40. The summed E-state index contributed by atoms with van der Waals surface area (Å²) in [6.45, 7) is 0.768. The molecule has 2 fully saturated rings. The number of fused-ring (bicyclic) bond motifs is 1. The van der Waals surface area contributed by atoms with Crippen molar-refractivity contribution in [3.63, 3.8) is 0 Å². The molecule has 1 spiro atoms. The van der Waals surface area contributed by atoms with E-state index in [0.717, 1.165) is 48.2 Å². The fourth-order valence-corrected chi connectivity index (χ4v) is 5.17. The first-order valence-corrected chi connectivity index (χ1v) is 9.69. The van der Waals surface area contributed by atoms with Gasteiger partial charge in [0.05, 0.1) is 22.4 Å². The van der Waals surface area contributed by atoms with Gasteiger partial charge >= 0.3 is 0 Å². The number of benzene rings is 1. The molecule has 3 heterocycles. The van der Waals surface area contributed by atoms with Crippen molar-refractivity contribution in [2.75, 3.05) is 23.4 Å². The Morgan fingerprint density at radius 3 is 3.17 bits per heavy atom. The second kappa shape index (κ2) is 6.44. The molecular weight excluding hydrogens is 342 g/mol. The standard InChI is InChI=1S/C18H18ClN3OS/c19-13-1-2-16-15(7-13)17(12(9-20)10-21-16)22-14-3-5-23-18(8-14)4-6-24-11-18/h1-2,7,10,14H,3-6,8,11H2,(H,21,22). The van der Waals surface area contributed by atoms with Crippen LogP contribution < -0.4 is 5.32 Å². The van der Waals surface area contributed by atoms with Crippen LogP contribution in [0.3, 0.4) is 0 Å². The molecule has 0 radical (unpaired) electrons. The normalized spacial score (nSPS) is 26.6. The predicted molar refractivity (Wildman–Crippen MR) is 98.7 cm³/mol. The van der Waals surface area contributed by atoms with Crippen molar-refractivity contribution in [3.05, 3.63) is 35.0 Å². The van der Waals surface area contributed by atoms with E-state index >= 15 is 0 Å². The minimum Gasteiger partial charge on any atom is -0.380 e. The molecule has 0 saturated carbocycles. The molecular formula is C18H18ClN3OS. The number of nitrogens with zero attached hydrogens (tertiary/aromatic N) is 2. The van der Waals surface area contributed by atoms with Gasteiger partial charge in [0.2, 0.25) is 0 Å². The van der Waals surface area contributed by atoms with Crippen LogP contribution in [0.1, 0.15) is 24.8 Å². The zero-order valence-corrected chi connectivity index (χ0v) is 14.8. The molecule has 6 heteroatoms. The third kappa shape index (κ3) is 2.95. The van der Waals surface area contributed by atoms with Gasteiger partial charge in [-0.15, -0.1) is 0 Å². The molecule has 1 aromatic carbocycles. The number of pyridine rings is 1. The maximum Gasteiger partial charge on any atom is 0.103 e. The van der Waals surface area contributed by atoms with Crippen LogP contribution in [0.5, 0.6) is 0 Å². The average Bonchev–Trinajstić information content (AvgIpc) is 3.03. The Kier molecular flexibility index (Phi) is 4.29. The van der Waals surface area contributed by atoms with Gasteiger partial charge in [0, 0.05) is 35.0 Å². The van der Waals surface area contributed by atoms with Crippen molar-refractivity contribution in [3.8, 4) is 6.07 Å². The molecule has 4 rings (SSSR count). The second-order valence-corrected chi connectivity index (χ2v) is 8.03. The number of rotatable bonds is 2. The SMILES string of the molecule is N#Cc1cnc2ccc(Cl)cc2c1NC1CCOC2(CCSC2)C1. The molecule has 2 saturated heterocycles. The lowest BCUT2D eigenvalue weighted by molar-refractivity contribution is -0.0628. The highest BCUT2D eigenvalue weighted by Crippen LogP contribution is 2.39. The molecule has 2 atom stereocenters. The molecule has 4 nitrogen and oxygen atoms in total. The fraction of sp³-hybridized carbons (Fsp3) is 0.444. The fourth-order valence-electron chi connectivity index (χ4n) is 3.62. The molecule has 1 N–H and O–H groups in total. The summed E-state index contributed by atoms with van der Waals surface area (Å²) in [7, 11) is 0. The van der Waals surface area contributed by atoms with Crippen molar-refractivity contribution in [1.82, 2.24) is 4.98 Å². The number of ether oxygens (including phenoxy) is 1. The molecule has 124 valence electrons. The monoisotopic (exact) mass is 359 g/mol. The summed E-state index contributed by atoms with van der Waals surface area (Å²) in [6, 6.07) is 8.15. The van der Waals surface area contributed by atoms with E-state index in [-0.39, 0.29) is 5.60 Å². The molecule has 0 bridgehead atoms. The van der Waals surface area contributed by atoms with Gasteiger partial charge in [-0.2, -0.15) is 17.0 Å². The Hall–Kier alpha value is -1.48. The Morgan fingerprint density at radius 1 is 1.46 bits per heavy atom. The molecule has 0 aliphatic carbocycles. The van der Waals surface area contributed by atoms with Gasteiger partial charge in [-0.25, -0.2) is 0 Å². The largest absolute Gasteiger partial charge is 0.380 e. The minimum atomic E-state index is 0.00781. The Morgan fingerprint density at radius 2 is 2.38 bits per heavy atom. The molecule has 2 aliphatic heterocycles. The van der Waals surface area contributed by atoms with Gasteiger partial charge in [0.1, 0.15) is 6.07 Å². The maximum atomic E-state index is 9.49. The van der Waals surface area contributed by atoms with Crippen LogP contribution in [0, 0.1) is 11.3 Å². The predicted octanol–water partition coefficient (Wildman–Crippen LogP) is 4.23. The summed E-state index contributed by atoms with van der Waals surface area (Å²) in [4.78, 5) is 4.37. The number of thioether (sulfide) groups is 1. The first kappa shape index (κ1) is 16.0. The summed E-state index contributed by atoms with van der Waals surface area (Å²) in [6.07, 6.45) is 4.68. The van der Waals surface area contributed by atoms with Crippen LogP contribution in [-0.4, -0.2) is 34.7 Å². The summed E-state index contributed by atoms with van der Waals surface area (Å²) < 4.78 is 6.10. The topological polar surface area (TPSA) is 57.9 Å². The molecule has 2 aromatic rings. The van der Waals surface area contributed by atoms with E-state index in [1.807, 2.05) is 30.0 Å². The van der Waals surface area contributed by atoms with Crippen LogP contribution in [0.15, 0.2) is 24.4 Å². The Labute approximate surface area is 150 Å². The third-order valence-electron chi connectivity index (χ3n) is 4.86. The highest BCUT2D eigenvalue weighted by molar-refractivity contribution is 7.99. The number of nitriles is 1. The maximum absolute atomic E-state index is 9.49. The smallest absolute Gasteiger partial charge is 0.103 e. The van der Waals surface area contributed by atoms with Crippen LogP contribution >= 0.6 is 23.4 Å². The highest BCUT2D eigenvalue weighted by atomic mass is 35.5. The lowest BCUT2D eigenvalue weighted by Gasteiger charge is -2.38. The van der Waals surface area contributed by atoms with Gasteiger partial charge in [0.25, 0.3) is 0 Å². The molecule has 1 aromatic heterocycles. The van der Waals surface area contributed by atoms with Crippen LogP contribution in [-0.2, 0) is 4.74 Å². The zero-order valence-electron chi connectivity index (χ0n) is 13.2. The first-order valence-electron chi connectivity index (χ1n) is 8.16. The Balaban J connectivity index is 1.68. The summed E-state index contributed by atoms with van der Waals surface area (Å²) in [5, 5.41) is 14.7. The van der Waals surface area contributed by atoms with E-state index in [2.05, 4.69) is 16.4 Å². The van der Waals surface area contributed by atoms with Gasteiger partial charge in [-0.3, -0.25) is 4.98 Å². The van der Waals surface area contributed by atoms with Gasteiger partial charge in [-0.05, 0) is 43.2 Å². The van der Waals surface area contributed by atoms with E-state index < -0.39 is 0 Å². The van der Waals surface area contributed by atoms with Crippen molar-refractivity contribution >= 4 is 40.0 Å². The van der Waals surface area contributed by atoms with Gasteiger partial charge < -0.3 is 10.1 Å². The number of anilines is 1. The van der Waals surface area contributed by atoms with Crippen LogP contribution in [0.4, 0.5) is 5.69 Å². The second-order valence-electron chi connectivity index (χ2n) is 6.49. The van der Waals surface area contributed by atoms with Crippen LogP contribution in [0.25, 0.3) is 10.9 Å². The zero-order chi connectivity index (χ0) is 16.6. The quantitative estimate of drug-likeness (QED) is 0.869. The summed E-state index contributed by atoms with van der Waals surface area (Å²) in [5.74, 6) is 2.24. The molecule has 2 aliphatic rings. The summed E-state index contributed by atoms with van der Waals surface area (Å²) >= 11 is 8.13. The number of halogens is 1. The summed E-state index contributed by atoms with van der Waals surface area (Å²) in [5.41, 5.74) is 2.26. The van der Waals surface area contributed by atoms with Crippen molar-refractivity contribution in [1.29, 1.82) is 5.26 Å². The average molecular weight is 360 g/mol. The van der Waals surface area contributed by atoms with E-state index in [9.17, 15) is 5.26 Å². The van der Waals surface area contributed by atoms with E-state index in [4.69, 9.17) is 16.3 Å². The van der Waals surface area contributed by atoms with E-state index in [0.29, 0.717) is 16.6 Å². The number of hydrogen-bond donors (Lipinski definition) is 1. The minimum absolute atomic E-state index is 0.00781. The van der Waals surface area contributed by atoms with E-state index in [1.165, 1.54) is 5.75 Å². The van der Waals surface area contributed by atoms with Gasteiger partial charge in [-0.1, -0.05) is 11.6 Å². The van der Waals surface area contributed by atoms with Crippen LogP contribution in [0.2, 0.25) is 5.02 Å². The third-order valence-corrected chi connectivity index (χ3v) is 6.32. The molecule has 0 amide bonds. The van der Waals surface area contributed by atoms with Gasteiger partial charge in [0.15, 0.2) is 0 Å². The first-order chi connectivity index (χ1) is 11.7. The lowest BCUT2D eigenvalue weighted by Crippen LogP contribution is -2.44. The van der Waals surface area contributed by atoms with Crippen molar-refractivity contribution in [2.24, 2.45) is 0 Å². The number of hydrogen-bond acceptors (Lipinski definition) is 5. The van der Waals surface area contributed by atoms with E-state index in [1.54, 1.807) is 6.20 Å². The van der Waals surface area contributed by atoms with Crippen molar-refractivity contribution in [2.45, 2.75) is 30.9 Å². The van der Waals surface area contributed by atoms with Crippen molar-refractivity contribution < 1.29 is 4.74 Å². The Bertz CT molecular complexity index is 814. The lowest BCUT2D eigenvalue weighted by atomic mass is 9.89. The number of aromatic nitrogens is 1. The number of nitrogens with one attached hydrogen (secondary N) is 1.